The predicted molar refractivity (Wildman–Crippen MR) is 27.1 cm³/mol. The first-order valence-corrected chi connectivity index (χ1v) is 2.20. The summed E-state index contributed by atoms with van der Waals surface area (Å²) in [6, 6.07) is 0.981. The van der Waals surface area contributed by atoms with E-state index in [2.05, 4.69) is 5.32 Å². The fourth-order valence-corrected chi connectivity index (χ4v) is 0.865. The lowest BCUT2D eigenvalue weighted by Gasteiger charge is -2.09. The van der Waals surface area contributed by atoms with Crippen LogP contribution in [0.5, 0.6) is 0 Å². The van der Waals surface area contributed by atoms with Crippen LogP contribution in [0.1, 0.15) is 6.42 Å². The highest BCUT2D eigenvalue weighted by Gasteiger charge is 2.44. The summed E-state index contributed by atoms with van der Waals surface area (Å²) in [5.74, 6) is 1.12. The largest absolute Gasteiger partial charge is 0.313 e. The molecule has 2 fully saturated rings. The van der Waals surface area contributed by atoms with E-state index >= 15 is 0 Å². The van der Waals surface area contributed by atoms with Crippen LogP contribution in [0.2, 0.25) is 0 Å². The van der Waals surface area contributed by atoms with Gasteiger partial charge in [-0.05, 0) is 18.9 Å². The lowest BCUT2D eigenvalue weighted by Crippen LogP contribution is -2.32. The summed E-state index contributed by atoms with van der Waals surface area (Å²) in [5.41, 5.74) is 0. The second kappa shape index (κ2) is 1.11. The Hall–Kier alpha value is 0.250. The van der Waals surface area contributed by atoms with Crippen LogP contribution < -0.4 is 5.32 Å². The van der Waals surface area contributed by atoms with Crippen LogP contribution in [0, 0.1) is 5.92 Å². The lowest BCUT2D eigenvalue weighted by atomic mass is 10.3. The standard InChI is InChI=1S/C4H7N.ClH/c1-3-2-5-4(1)3;/h3-5H,1-2H2;1H. The van der Waals surface area contributed by atoms with Gasteiger partial charge in [0.2, 0.25) is 0 Å². The van der Waals surface area contributed by atoms with Crippen molar-refractivity contribution in [3.05, 3.63) is 0 Å². The minimum atomic E-state index is 0. The Morgan fingerprint density at radius 2 is 2.17 bits per heavy atom. The third kappa shape index (κ3) is 0.355. The Bertz CT molecular complexity index is 52.6. The van der Waals surface area contributed by atoms with Crippen LogP contribution in [0.15, 0.2) is 0 Å². The van der Waals surface area contributed by atoms with Crippen LogP contribution in [-0.4, -0.2) is 12.6 Å². The van der Waals surface area contributed by atoms with Gasteiger partial charge >= 0.3 is 0 Å². The number of halogens is 1. The van der Waals surface area contributed by atoms with Gasteiger partial charge in [-0.1, -0.05) is 0 Å². The molecule has 6 heavy (non-hydrogen) atoms. The average molecular weight is 106 g/mol. The maximum Gasteiger partial charge on any atom is 0.0112 e. The molecule has 0 spiro atoms. The molecule has 1 saturated heterocycles. The van der Waals surface area contributed by atoms with Crippen LogP contribution >= 0.6 is 12.4 Å². The minimum Gasteiger partial charge on any atom is -0.313 e. The average Bonchev–Trinajstić information content (AvgIpc) is 1.74. The molecule has 0 radical (unpaired) electrons. The summed E-state index contributed by atoms with van der Waals surface area (Å²) >= 11 is 0. The minimum absolute atomic E-state index is 0. The van der Waals surface area contributed by atoms with Crippen molar-refractivity contribution in [1.82, 2.24) is 5.32 Å². The molecule has 1 aliphatic heterocycles. The molecule has 2 heteroatoms. The summed E-state index contributed by atoms with van der Waals surface area (Å²) in [6.07, 6.45) is 1.47. The van der Waals surface area contributed by atoms with Gasteiger partial charge < -0.3 is 5.32 Å². The van der Waals surface area contributed by atoms with Gasteiger partial charge in [0.25, 0.3) is 0 Å². The Morgan fingerprint density at radius 3 is 2.17 bits per heavy atom. The number of nitrogens with one attached hydrogen (secondary N) is 1. The van der Waals surface area contributed by atoms with Crippen molar-refractivity contribution >= 4 is 12.4 Å². The van der Waals surface area contributed by atoms with Crippen molar-refractivity contribution in [2.45, 2.75) is 12.5 Å². The Labute approximate surface area is 43.5 Å². The van der Waals surface area contributed by atoms with Crippen molar-refractivity contribution in [1.29, 1.82) is 0 Å². The van der Waals surface area contributed by atoms with E-state index in [1.165, 1.54) is 13.0 Å². The number of hydrogen-bond donors (Lipinski definition) is 1. The summed E-state index contributed by atoms with van der Waals surface area (Å²) in [4.78, 5) is 0. The van der Waals surface area contributed by atoms with Crippen molar-refractivity contribution in [2.24, 2.45) is 5.92 Å². The second-order valence-electron chi connectivity index (χ2n) is 2.01. The van der Waals surface area contributed by atoms with Gasteiger partial charge in [0.1, 0.15) is 0 Å². The third-order valence-corrected chi connectivity index (χ3v) is 1.56. The van der Waals surface area contributed by atoms with E-state index in [4.69, 9.17) is 0 Å². The fraction of sp³-hybridized carbons (Fsp3) is 1.00. The Kier molecular flexibility index (Phi) is 0.815. The van der Waals surface area contributed by atoms with E-state index in [9.17, 15) is 0 Å². The predicted octanol–water partition coefficient (Wildman–Crippen LogP) is 0.400. The molecule has 36 valence electrons. The van der Waals surface area contributed by atoms with Crippen molar-refractivity contribution in [3.63, 3.8) is 0 Å². The van der Waals surface area contributed by atoms with Crippen LogP contribution in [0.3, 0.4) is 0 Å². The summed E-state index contributed by atoms with van der Waals surface area (Å²) in [5, 5.41) is 3.28. The maximum atomic E-state index is 3.28. The molecule has 1 aliphatic carbocycles. The van der Waals surface area contributed by atoms with Crippen molar-refractivity contribution in [3.8, 4) is 0 Å². The van der Waals surface area contributed by atoms with E-state index in [0.717, 1.165) is 12.0 Å². The van der Waals surface area contributed by atoms with Crippen LogP contribution in [0.4, 0.5) is 0 Å². The van der Waals surface area contributed by atoms with E-state index < -0.39 is 0 Å². The second-order valence-corrected chi connectivity index (χ2v) is 2.01. The number of rotatable bonds is 0. The van der Waals surface area contributed by atoms with E-state index in [1.54, 1.807) is 0 Å². The molecule has 1 saturated carbocycles. The Morgan fingerprint density at radius 1 is 1.50 bits per heavy atom. The van der Waals surface area contributed by atoms with E-state index in [0.29, 0.717) is 0 Å². The third-order valence-electron chi connectivity index (χ3n) is 1.56. The van der Waals surface area contributed by atoms with Gasteiger partial charge in [-0.25, -0.2) is 0 Å². The van der Waals surface area contributed by atoms with Gasteiger partial charge in [-0.3, -0.25) is 0 Å². The molecule has 2 aliphatic rings. The fourth-order valence-electron chi connectivity index (χ4n) is 0.865. The first kappa shape index (κ1) is 4.41. The normalized spacial score (nSPS) is 48.0. The van der Waals surface area contributed by atoms with Gasteiger partial charge in [0.05, 0.1) is 0 Å². The zero-order valence-electron chi connectivity index (χ0n) is 3.48. The summed E-state index contributed by atoms with van der Waals surface area (Å²) < 4.78 is 0. The molecule has 1 N–H and O–H groups in total. The van der Waals surface area contributed by atoms with Crippen molar-refractivity contribution < 1.29 is 0 Å². The number of hydrogen-bond acceptors (Lipinski definition) is 1. The van der Waals surface area contributed by atoms with Crippen LogP contribution in [-0.2, 0) is 0 Å². The maximum absolute atomic E-state index is 3.28. The molecule has 2 rings (SSSR count). The molecular formula is C4H8ClN. The molecule has 0 bridgehead atoms. The van der Waals surface area contributed by atoms with Gasteiger partial charge in [-0.2, -0.15) is 0 Å². The zero-order valence-corrected chi connectivity index (χ0v) is 4.29. The van der Waals surface area contributed by atoms with E-state index in [-0.39, 0.29) is 12.4 Å². The SMILES string of the molecule is C1NC2CC12.Cl. The first-order valence-electron chi connectivity index (χ1n) is 2.20. The highest BCUT2D eigenvalue weighted by atomic mass is 35.5. The summed E-state index contributed by atoms with van der Waals surface area (Å²) in [6.45, 7) is 1.31. The Balaban J connectivity index is 0.000000180. The highest BCUT2D eigenvalue weighted by Crippen LogP contribution is 2.36. The van der Waals surface area contributed by atoms with Gasteiger partial charge in [0, 0.05) is 6.04 Å². The molecule has 2 atom stereocenters. The molecule has 1 nitrogen and oxygen atoms in total. The summed E-state index contributed by atoms with van der Waals surface area (Å²) in [7, 11) is 0. The molecule has 0 amide bonds. The zero-order chi connectivity index (χ0) is 3.28. The molecule has 2 unspecified atom stereocenters. The first-order chi connectivity index (χ1) is 2.47. The lowest BCUT2D eigenvalue weighted by molar-refractivity contribution is 0.506. The molecule has 1 heterocycles. The van der Waals surface area contributed by atoms with E-state index in [1.807, 2.05) is 0 Å². The topological polar surface area (TPSA) is 12.0 Å². The van der Waals surface area contributed by atoms with Crippen LogP contribution in [0.25, 0.3) is 0 Å². The molecule has 0 aromatic carbocycles. The molecule has 0 aromatic rings. The number of fused-ring (bicyclic) bond motifs is 1. The molecule has 0 aromatic heterocycles. The van der Waals surface area contributed by atoms with Gasteiger partial charge in [-0.15, -0.1) is 12.4 Å². The quantitative estimate of drug-likeness (QED) is 0.470. The van der Waals surface area contributed by atoms with Gasteiger partial charge in [0.15, 0.2) is 0 Å². The highest BCUT2D eigenvalue weighted by molar-refractivity contribution is 5.85. The molecular weight excluding hydrogens is 97.5 g/mol. The smallest absolute Gasteiger partial charge is 0.0112 e. The van der Waals surface area contributed by atoms with Crippen molar-refractivity contribution in [2.75, 3.05) is 6.54 Å². The monoisotopic (exact) mass is 105 g/mol.